The Morgan fingerprint density at radius 3 is 1.08 bits per heavy atom. The quantitative estimate of drug-likeness (QED) is 0.324. The van der Waals surface area contributed by atoms with Crippen molar-refractivity contribution in [3.8, 4) is 0 Å². The first-order valence-electron chi connectivity index (χ1n) is 13.2. The largest absolute Gasteiger partial charge is 0.457 e. The lowest BCUT2D eigenvalue weighted by Crippen LogP contribution is -2.62. The molecule has 12 aliphatic rings. The number of ether oxygens (including phenoxy) is 4. The summed E-state index contributed by atoms with van der Waals surface area (Å²) in [4.78, 5) is 26.0. The Morgan fingerprint density at radius 1 is 0.500 bits per heavy atom. The Balaban J connectivity index is 1.39. The Morgan fingerprint density at radius 2 is 0.778 bits per heavy atom. The van der Waals surface area contributed by atoms with Gasteiger partial charge in [-0.05, 0) is 23.7 Å². The van der Waals surface area contributed by atoms with Gasteiger partial charge >= 0.3 is 11.9 Å². The van der Waals surface area contributed by atoms with Gasteiger partial charge in [-0.1, -0.05) is 63.7 Å². The highest BCUT2D eigenvalue weighted by Gasteiger charge is 3.20. The summed E-state index contributed by atoms with van der Waals surface area (Å²) >= 11 is 18.0. The molecule has 6 nitrogen and oxygen atoms in total. The van der Waals surface area contributed by atoms with E-state index in [2.05, 4.69) is 63.7 Å². The fourth-order valence-electron chi connectivity index (χ4n) is 16.7. The molecular weight excluding hydrogens is 728 g/mol. The summed E-state index contributed by atoms with van der Waals surface area (Å²) in [5, 5.41) is 0. The first-order chi connectivity index (χ1) is 16.9. The van der Waals surface area contributed by atoms with E-state index in [1.54, 1.807) is 13.8 Å². The van der Waals surface area contributed by atoms with Crippen LogP contribution in [0, 0.1) is 71.0 Å². The van der Waals surface area contributed by atoms with Crippen LogP contribution in [0.25, 0.3) is 0 Å². The van der Waals surface area contributed by atoms with E-state index in [4.69, 9.17) is 18.9 Å². The number of carbonyl (C=O) groups is 2. The van der Waals surface area contributed by atoms with Gasteiger partial charge < -0.3 is 18.9 Å². The molecule has 20 atom stereocenters. The van der Waals surface area contributed by atoms with Crippen molar-refractivity contribution in [3.63, 3.8) is 0 Å². The van der Waals surface area contributed by atoms with Crippen molar-refractivity contribution in [3.05, 3.63) is 0 Å². The highest BCUT2D eigenvalue weighted by molar-refractivity contribution is 9.11. The van der Waals surface area contributed by atoms with Gasteiger partial charge in [-0.2, -0.15) is 0 Å². The van der Waals surface area contributed by atoms with E-state index in [-0.39, 0.29) is 79.8 Å². The molecule has 0 bridgehead atoms. The fraction of sp³-hybridized carbons (Fsp3) is 0.923. The number of hydrogen-bond donors (Lipinski definition) is 0. The molecule has 0 heterocycles. The average molecular weight is 752 g/mol. The van der Waals surface area contributed by atoms with Gasteiger partial charge in [-0.3, -0.25) is 9.59 Å². The highest BCUT2D eigenvalue weighted by atomic mass is 79.9. The molecule has 0 spiro atoms. The van der Waals surface area contributed by atoms with Crippen LogP contribution in [0.4, 0.5) is 0 Å². The van der Waals surface area contributed by atoms with Crippen LogP contribution in [0.1, 0.15) is 13.8 Å². The number of alkyl halides is 4. The first-order valence-corrected chi connectivity index (χ1v) is 16.3. The fourth-order valence-corrected chi connectivity index (χ4v) is 25.0. The summed E-state index contributed by atoms with van der Waals surface area (Å²) in [6.45, 7) is 3.15. The molecule has 0 aromatic carbocycles. The predicted molar refractivity (Wildman–Crippen MR) is 137 cm³/mol. The molecule has 0 N–H and O–H groups in total. The predicted octanol–water partition coefficient (Wildman–Crippen LogP) is 3.44. The highest BCUT2D eigenvalue weighted by Crippen LogP contribution is 3.10. The van der Waals surface area contributed by atoms with Crippen LogP contribution in [0.2, 0.25) is 0 Å². The van der Waals surface area contributed by atoms with E-state index in [1.165, 1.54) is 0 Å². The van der Waals surface area contributed by atoms with Crippen molar-refractivity contribution >= 4 is 75.7 Å². The third-order valence-corrected chi connectivity index (χ3v) is 21.4. The van der Waals surface area contributed by atoms with Crippen molar-refractivity contribution in [1.29, 1.82) is 0 Å². The van der Waals surface area contributed by atoms with Crippen LogP contribution in [-0.4, -0.2) is 65.9 Å². The van der Waals surface area contributed by atoms with Crippen molar-refractivity contribution in [2.45, 2.75) is 53.5 Å². The zero-order valence-corrected chi connectivity index (χ0v) is 26.2. The molecule has 0 aromatic heterocycles. The maximum Gasteiger partial charge on any atom is 0.303 e. The molecule has 0 radical (unpaired) electrons. The van der Waals surface area contributed by atoms with Gasteiger partial charge in [0, 0.05) is 75.4 Å². The van der Waals surface area contributed by atoms with Gasteiger partial charge in [-0.15, -0.1) is 0 Å². The molecule has 192 valence electrons. The molecule has 36 heavy (non-hydrogen) atoms. The second-order valence-corrected chi connectivity index (χ2v) is 19.2. The van der Waals surface area contributed by atoms with Crippen molar-refractivity contribution in [2.75, 3.05) is 14.2 Å². The lowest BCUT2D eigenvalue weighted by molar-refractivity contribution is -0.183. The van der Waals surface area contributed by atoms with E-state index in [0.29, 0.717) is 11.8 Å². The van der Waals surface area contributed by atoms with Gasteiger partial charge in [0.25, 0.3) is 0 Å². The number of rotatable bonds is 4. The maximum absolute atomic E-state index is 13.0. The Hall–Kier alpha value is 0.780. The van der Waals surface area contributed by atoms with Gasteiger partial charge in [0.1, 0.15) is 11.2 Å². The van der Waals surface area contributed by atoms with Crippen LogP contribution < -0.4 is 0 Å². The standard InChI is InChI=1S/C26H24Br4O6/c1-5(31)35-25-15-7-8-12-19(15,27)23(33-3)14-10-9(17(23)25)13-21(25,29)11(7)20(28)16(8)26(22(12,14)30,36-6(2)32)18(10)24(13,20)34-4/h7-18H,1-4H3/t7-,8+,9-,10+,11-,12-,13-,14-,15+,16+,17-,18-,19-,20+,21+,22+,23-,24+,25-,26-/m1/s1. The van der Waals surface area contributed by atoms with E-state index in [9.17, 15) is 9.59 Å². The summed E-state index contributed by atoms with van der Waals surface area (Å²) in [7, 11) is 3.75. The summed E-state index contributed by atoms with van der Waals surface area (Å²) in [6, 6.07) is 0. The normalized spacial score (nSPS) is 81.6. The Labute approximate surface area is 241 Å². The molecule has 0 amide bonds. The van der Waals surface area contributed by atoms with E-state index in [0.717, 1.165) is 0 Å². The molecule has 12 saturated carbocycles. The smallest absolute Gasteiger partial charge is 0.303 e. The zero-order valence-electron chi connectivity index (χ0n) is 19.9. The average Bonchev–Trinajstić information content (AvgIpc) is 3.60. The monoisotopic (exact) mass is 748 g/mol. The van der Waals surface area contributed by atoms with Gasteiger partial charge in [0.05, 0.1) is 28.5 Å². The van der Waals surface area contributed by atoms with Crippen LogP contribution >= 0.6 is 63.7 Å². The number of carbonyl (C=O) groups excluding carboxylic acids is 2. The maximum atomic E-state index is 13.0. The van der Waals surface area contributed by atoms with Crippen molar-refractivity contribution < 1.29 is 28.5 Å². The molecule has 0 unspecified atom stereocenters. The topological polar surface area (TPSA) is 71.1 Å². The molecule has 0 aromatic rings. The first kappa shape index (κ1) is 21.5. The molecule has 0 saturated heterocycles. The van der Waals surface area contributed by atoms with Gasteiger partial charge in [0.2, 0.25) is 0 Å². The van der Waals surface area contributed by atoms with Crippen LogP contribution in [0.5, 0.6) is 0 Å². The summed E-state index contributed by atoms with van der Waals surface area (Å²) < 4.78 is 25.9. The van der Waals surface area contributed by atoms with Crippen LogP contribution in [-0.2, 0) is 28.5 Å². The minimum absolute atomic E-state index is 0.0691. The summed E-state index contributed by atoms with van der Waals surface area (Å²) in [5.74, 6) is 1.86. The summed E-state index contributed by atoms with van der Waals surface area (Å²) in [6.07, 6.45) is 0. The van der Waals surface area contributed by atoms with E-state index < -0.39 is 31.1 Å². The molecule has 10 heteroatoms. The third-order valence-electron chi connectivity index (χ3n) is 15.0. The lowest BCUT2D eigenvalue weighted by atomic mass is 9.71. The second kappa shape index (κ2) is 4.82. The molecule has 12 aliphatic carbocycles. The molecule has 0 aliphatic heterocycles. The van der Waals surface area contributed by atoms with Gasteiger partial charge in [0.15, 0.2) is 0 Å². The minimum atomic E-state index is -0.647. The van der Waals surface area contributed by atoms with E-state index >= 15 is 0 Å². The summed E-state index contributed by atoms with van der Waals surface area (Å²) in [5.41, 5.74) is -2.30. The number of esters is 2. The lowest BCUT2D eigenvalue weighted by Gasteiger charge is -2.49. The van der Waals surface area contributed by atoms with Crippen molar-refractivity contribution in [1.82, 2.24) is 0 Å². The van der Waals surface area contributed by atoms with E-state index in [1.807, 2.05) is 14.2 Å². The number of halogens is 4. The zero-order chi connectivity index (χ0) is 24.9. The Bertz CT molecular complexity index is 1260. The molecule has 12 fully saturated rings. The molecule has 12 rings (SSSR count). The third kappa shape index (κ3) is 1.11. The van der Waals surface area contributed by atoms with Crippen LogP contribution in [0.15, 0.2) is 0 Å². The second-order valence-electron chi connectivity index (χ2n) is 14.0. The molecular formula is C26H24Br4O6. The van der Waals surface area contributed by atoms with Crippen LogP contribution in [0.3, 0.4) is 0 Å². The Kier molecular flexibility index (Phi) is 2.88. The minimum Gasteiger partial charge on any atom is -0.457 e. The number of hydrogen-bond acceptors (Lipinski definition) is 6. The van der Waals surface area contributed by atoms with Crippen molar-refractivity contribution in [2.24, 2.45) is 71.0 Å². The number of methoxy groups -OCH3 is 2. The SMILES string of the molecule is CO[C@@]12[C@H]3[C@H]4[C@H]5[C@@H]6[C@]7(OC)[C@H]4[C@@]4(Br)[C@@H]8[C@@H]9[C@@H]%10[C@H]([C@]1(Br)[C@H]9[C@@]34OC(C)=O)[C@](Br)([C@@H]52)[C@@]6(OC(C)=O)[C@@H]%10[C@]87Br. The van der Waals surface area contributed by atoms with Gasteiger partial charge in [-0.25, -0.2) is 0 Å².